The minimum absolute atomic E-state index is 0.226. The van der Waals surface area contributed by atoms with E-state index in [1.165, 1.54) is 0 Å². The summed E-state index contributed by atoms with van der Waals surface area (Å²) in [6.45, 7) is 5.11. The molecule has 5 heteroatoms. The molecule has 0 fully saturated rings. The smallest absolute Gasteiger partial charge is 0.253 e. The summed E-state index contributed by atoms with van der Waals surface area (Å²) < 4.78 is 16.5. The number of carbonyl (C=O) groups excluding carboxylic acids is 1. The summed E-state index contributed by atoms with van der Waals surface area (Å²) in [6.07, 6.45) is -0.574. The maximum absolute atomic E-state index is 12.2. The molecule has 0 aliphatic rings. The van der Waals surface area contributed by atoms with Crippen LogP contribution >= 0.6 is 0 Å². The van der Waals surface area contributed by atoms with Crippen LogP contribution < -0.4 is 10.1 Å². The lowest BCUT2D eigenvalue weighted by atomic mass is 10.2. The van der Waals surface area contributed by atoms with Crippen molar-refractivity contribution in [3.63, 3.8) is 0 Å². The topological polar surface area (TPSA) is 56.8 Å². The molecule has 0 bridgehead atoms. The van der Waals surface area contributed by atoms with Crippen LogP contribution in [0.2, 0.25) is 0 Å². The van der Waals surface area contributed by atoms with Crippen molar-refractivity contribution in [2.24, 2.45) is 0 Å². The zero-order valence-electron chi connectivity index (χ0n) is 14.0. The highest BCUT2D eigenvalue weighted by molar-refractivity contribution is 5.95. The van der Waals surface area contributed by atoms with Crippen LogP contribution in [0.5, 0.6) is 11.5 Å². The van der Waals surface area contributed by atoms with Gasteiger partial charge in [-0.25, -0.2) is 0 Å². The van der Waals surface area contributed by atoms with E-state index in [2.05, 4.69) is 5.32 Å². The van der Waals surface area contributed by atoms with Crippen LogP contribution in [0.4, 0.5) is 5.69 Å². The minimum Gasteiger partial charge on any atom is -0.455 e. The SMILES string of the molecule is CCOCCOC(C)C(=O)Nc1ccccc1Oc1ccccc1. The van der Waals surface area contributed by atoms with Gasteiger partial charge < -0.3 is 19.5 Å². The van der Waals surface area contributed by atoms with Crippen molar-refractivity contribution >= 4 is 11.6 Å². The Kier molecular flexibility index (Phi) is 7.26. The maximum Gasteiger partial charge on any atom is 0.253 e. The van der Waals surface area contributed by atoms with E-state index in [0.717, 1.165) is 0 Å². The maximum atomic E-state index is 12.2. The van der Waals surface area contributed by atoms with E-state index < -0.39 is 6.10 Å². The van der Waals surface area contributed by atoms with Gasteiger partial charge in [-0.05, 0) is 38.1 Å². The lowest BCUT2D eigenvalue weighted by Crippen LogP contribution is -2.29. The number of hydrogen-bond donors (Lipinski definition) is 1. The fourth-order valence-corrected chi connectivity index (χ4v) is 2.01. The number of rotatable bonds is 9. The molecule has 0 heterocycles. The molecule has 2 aromatic rings. The first-order chi connectivity index (χ1) is 11.7. The molecule has 2 aromatic carbocycles. The molecule has 2 rings (SSSR count). The molecular weight excluding hydrogens is 306 g/mol. The molecule has 0 radical (unpaired) electrons. The summed E-state index contributed by atoms with van der Waals surface area (Å²) in [4.78, 5) is 12.2. The van der Waals surface area contributed by atoms with E-state index >= 15 is 0 Å². The summed E-state index contributed by atoms with van der Waals surface area (Å²) in [7, 11) is 0. The van der Waals surface area contributed by atoms with Gasteiger partial charge in [-0.3, -0.25) is 4.79 Å². The first kappa shape index (κ1) is 18.0. The molecule has 5 nitrogen and oxygen atoms in total. The third-order valence-corrected chi connectivity index (χ3v) is 3.28. The zero-order chi connectivity index (χ0) is 17.2. The van der Waals surface area contributed by atoms with Crippen LogP contribution in [0.3, 0.4) is 0 Å². The Morgan fingerprint density at radius 1 is 1.04 bits per heavy atom. The van der Waals surface area contributed by atoms with Gasteiger partial charge in [-0.2, -0.15) is 0 Å². The summed E-state index contributed by atoms with van der Waals surface area (Å²) in [5.41, 5.74) is 0.603. The molecule has 0 aliphatic carbocycles. The second-order valence-corrected chi connectivity index (χ2v) is 5.11. The Labute approximate surface area is 142 Å². The normalized spacial score (nSPS) is 11.8. The number of ether oxygens (including phenoxy) is 3. The van der Waals surface area contributed by atoms with Crippen molar-refractivity contribution in [1.82, 2.24) is 0 Å². The molecular formula is C19H23NO4. The number of nitrogens with one attached hydrogen (secondary N) is 1. The standard InChI is InChI=1S/C19H23NO4/c1-3-22-13-14-23-15(2)19(21)20-17-11-7-8-12-18(17)24-16-9-5-4-6-10-16/h4-12,15H,3,13-14H2,1-2H3,(H,20,21). The summed E-state index contributed by atoms with van der Waals surface area (Å²) in [6, 6.07) is 16.7. The van der Waals surface area contributed by atoms with E-state index in [1.807, 2.05) is 55.5 Å². The lowest BCUT2D eigenvalue weighted by molar-refractivity contribution is -0.127. The van der Waals surface area contributed by atoms with Crippen LogP contribution in [-0.4, -0.2) is 31.8 Å². The minimum atomic E-state index is -0.574. The van der Waals surface area contributed by atoms with Gasteiger partial charge in [0.05, 0.1) is 18.9 Å². The van der Waals surface area contributed by atoms with Crippen molar-refractivity contribution < 1.29 is 19.0 Å². The fourth-order valence-electron chi connectivity index (χ4n) is 2.01. The molecule has 0 saturated heterocycles. The predicted molar refractivity (Wildman–Crippen MR) is 93.5 cm³/mol. The van der Waals surface area contributed by atoms with Crippen LogP contribution in [0.25, 0.3) is 0 Å². The van der Waals surface area contributed by atoms with Gasteiger partial charge in [0, 0.05) is 6.61 Å². The third-order valence-electron chi connectivity index (χ3n) is 3.28. The first-order valence-electron chi connectivity index (χ1n) is 8.03. The van der Waals surface area contributed by atoms with Gasteiger partial charge in [0.15, 0.2) is 5.75 Å². The lowest BCUT2D eigenvalue weighted by Gasteiger charge is -2.16. The number of anilines is 1. The average Bonchev–Trinajstić information content (AvgIpc) is 2.61. The van der Waals surface area contributed by atoms with E-state index in [4.69, 9.17) is 14.2 Å². The van der Waals surface area contributed by atoms with Gasteiger partial charge in [0.1, 0.15) is 11.9 Å². The number of benzene rings is 2. The highest BCUT2D eigenvalue weighted by Crippen LogP contribution is 2.29. The monoisotopic (exact) mass is 329 g/mol. The molecule has 0 saturated carbocycles. The Morgan fingerprint density at radius 2 is 1.75 bits per heavy atom. The molecule has 1 amide bonds. The van der Waals surface area contributed by atoms with E-state index in [0.29, 0.717) is 37.0 Å². The van der Waals surface area contributed by atoms with Crippen molar-refractivity contribution in [3.05, 3.63) is 54.6 Å². The zero-order valence-corrected chi connectivity index (χ0v) is 14.0. The molecule has 1 unspecified atom stereocenters. The van der Waals surface area contributed by atoms with E-state index in [9.17, 15) is 4.79 Å². The third kappa shape index (κ3) is 5.68. The second kappa shape index (κ2) is 9.70. The van der Waals surface area contributed by atoms with Crippen molar-refractivity contribution in [2.45, 2.75) is 20.0 Å². The molecule has 1 atom stereocenters. The van der Waals surface area contributed by atoms with Gasteiger partial charge >= 0.3 is 0 Å². The highest BCUT2D eigenvalue weighted by atomic mass is 16.5. The van der Waals surface area contributed by atoms with Gasteiger partial charge in [-0.15, -0.1) is 0 Å². The number of hydrogen-bond acceptors (Lipinski definition) is 4. The second-order valence-electron chi connectivity index (χ2n) is 5.11. The van der Waals surface area contributed by atoms with Crippen LogP contribution in [0, 0.1) is 0 Å². The molecule has 128 valence electrons. The van der Waals surface area contributed by atoms with Crippen molar-refractivity contribution in [2.75, 3.05) is 25.1 Å². The Hall–Kier alpha value is -2.37. The molecule has 0 spiro atoms. The largest absolute Gasteiger partial charge is 0.455 e. The number of amides is 1. The van der Waals surface area contributed by atoms with Crippen molar-refractivity contribution in [3.8, 4) is 11.5 Å². The fraction of sp³-hybridized carbons (Fsp3) is 0.316. The predicted octanol–water partition coefficient (Wildman–Crippen LogP) is 3.86. The molecule has 1 N–H and O–H groups in total. The number of carbonyl (C=O) groups is 1. The Morgan fingerprint density at radius 3 is 2.50 bits per heavy atom. The van der Waals surface area contributed by atoms with Gasteiger partial charge in [0.25, 0.3) is 5.91 Å². The van der Waals surface area contributed by atoms with Crippen molar-refractivity contribution in [1.29, 1.82) is 0 Å². The number of para-hydroxylation sites is 3. The molecule has 0 aliphatic heterocycles. The van der Waals surface area contributed by atoms with Gasteiger partial charge in [0.2, 0.25) is 0 Å². The molecule has 24 heavy (non-hydrogen) atoms. The Balaban J connectivity index is 1.95. The van der Waals surface area contributed by atoms with Gasteiger partial charge in [-0.1, -0.05) is 30.3 Å². The summed E-state index contributed by atoms with van der Waals surface area (Å²) in [5, 5.41) is 2.84. The van der Waals surface area contributed by atoms with E-state index in [-0.39, 0.29) is 5.91 Å². The highest BCUT2D eigenvalue weighted by Gasteiger charge is 2.15. The quantitative estimate of drug-likeness (QED) is 0.710. The van der Waals surface area contributed by atoms with Crippen LogP contribution in [0.15, 0.2) is 54.6 Å². The summed E-state index contributed by atoms with van der Waals surface area (Å²) in [5.74, 6) is 1.06. The summed E-state index contributed by atoms with van der Waals surface area (Å²) >= 11 is 0. The average molecular weight is 329 g/mol. The Bertz CT molecular complexity index is 630. The van der Waals surface area contributed by atoms with Crippen LogP contribution in [0.1, 0.15) is 13.8 Å². The van der Waals surface area contributed by atoms with Crippen LogP contribution in [-0.2, 0) is 14.3 Å². The molecule has 0 aromatic heterocycles. The van der Waals surface area contributed by atoms with E-state index in [1.54, 1.807) is 13.0 Å². The first-order valence-corrected chi connectivity index (χ1v) is 8.03.